The molecular weight excluding hydrogens is 392 g/mol. The molecule has 0 saturated carbocycles. The van der Waals surface area contributed by atoms with Gasteiger partial charge < -0.3 is 4.74 Å². The number of carbonyl (C=O) groups excluding carboxylic acids is 2. The predicted molar refractivity (Wildman–Crippen MR) is 109 cm³/mol. The number of thiazole rings is 1. The van der Waals surface area contributed by atoms with Gasteiger partial charge in [-0.1, -0.05) is 17.7 Å². The lowest BCUT2D eigenvalue weighted by atomic mass is 10.1. The van der Waals surface area contributed by atoms with Crippen LogP contribution in [0.2, 0.25) is 5.02 Å². The first-order valence-electron chi connectivity index (χ1n) is 8.08. The molecule has 0 spiro atoms. The maximum absolute atomic E-state index is 12.3. The Balaban J connectivity index is 2.19. The molecule has 1 aromatic heterocycles. The van der Waals surface area contributed by atoms with Gasteiger partial charge in [-0.3, -0.25) is 14.5 Å². The standard InChI is InChI=1S/C18H21ClN2O3S2/c1-5-24-16(23)10-25-8-14-9-26-18(20-14)21(13(4)22)17-12(3)6-11(2)7-15(17)19/h6-7,9H,5,8,10H2,1-4H3. The number of thioether (sulfide) groups is 1. The Bertz CT molecular complexity index is 784. The number of carbonyl (C=O) groups is 2. The molecule has 8 heteroatoms. The Morgan fingerprint density at radius 3 is 2.69 bits per heavy atom. The maximum Gasteiger partial charge on any atom is 0.315 e. The molecule has 0 aliphatic carbocycles. The molecule has 0 atom stereocenters. The molecule has 140 valence electrons. The minimum absolute atomic E-state index is 0.154. The summed E-state index contributed by atoms with van der Waals surface area (Å²) in [5.74, 6) is 0.459. The van der Waals surface area contributed by atoms with Crippen LogP contribution in [0.15, 0.2) is 17.5 Å². The van der Waals surface area contributed by atoms with Crippen LogP contribution in [-0.2, 0) is 20.1 Å². The number of halogens is 1. The predicted octanol–water partition coefficient (Wildman–Crippen LogP) is 4.89. The van der Waals surface area contributed by atoms with E-state index in [9.17, 15) is 9.59 Å². The lowest BCUT2D eigenvalue weighted by Crippen LogP contribution is -2.24. The first-order valence-corrected chi connectivity index (χ1v) is 10.5. The van der Waals surface area contributed by atoms with Gasteiger partial charge in [0.25, 0.3) is 0 Å². The Kier molecular flexibility index (Phi) is 7.49. The molecular formula is C18H21ClN2O3S2. The van der Waals surface area contributed by atoms with E-state index in [4.69, 9.17) is 16.3 Å². The van der Waals surface area contributed by atoms with Crippen LogP contribution >= 0.6 is 34.7 Å². The van der Waals surface area contributed by atoms with Crippen molar-refractivity contribution in [2.45, 2.75) is 33.4 Å². The van der Waals surface area contributed by atoms with Crippen molar-refractivity contribution in [1.29, 1.82) is 0 Å². The molecule has 2 rings (SSSR count). The minimum Gasteiger partial charge on any atom is -0.465 e. The van der Waals surface area contributed by atoms with E-state index in [2.05, 4.69) is 4.98 Å². The molecule has 5 nitrogen and oxygen atoms in total. The second-order valence-electron chi connectivity index (χ2n) is 5.69. The number of aryl methyl sites for hydroxylation is 2. The third kappa shape index (κ3) is 5.22. The van der Waals surface area contributed by atoms with Gasteiger partial charge in [0, 0.05) is 18.1 Å². The fourth-order valence-electron chi connectivity index (χ4n) is 2.49. The van der Waals surface area contributed by atoms with Gasteiger partial charge >= 0.3 is 5.97 Å². The molecule has 0 unspecified atom stereocenters. The van der Waals surface area contributed by atoms with Gasteiger partial charge in [0.1, 0.15) is 0 Å². The molecule has 1 amide bonds. The summed E-state index contributed by atoms with van der Waals surface area (Å²) in [6.07, 6.45) is 0. The van der Waals surface area contributed by atoms with Crippen LogP contribution in [0.3, 0.4) is 0 Å². The highest BCUT2D eigenvalue weighted by Gasteiger charge is 2.22. The number of benzene rings is 1. The summed E-state index contributed by atoms with van der Waals surface area (Å²) >= 11 is 9.22. The van der Waals surface area contributed by atoms with E-state index in [1.165, 1.54) is 30.0 Å². The average molecular weight is 413 g/mol. The highest BCUT2D eigenvalue weighted by Crippen LogP contribution is 2.37. The lowest BCUT2D eigenvalue weighted by Gasteiger charge is -2.22. The third-order valence-corrected chi connectivity index (χ3v) is 5.55. The number of hydrogen-bond acceptors (Lipinski definition) is 6. The van der Waals surface area contributed by atoms with Crippen molar-refractivity contribution < 1.29 is 14.3 Å². The summed E-state index contributed by atoms with van der Waals surface area (Å²) in [7, 11) is 0. The van der Waals surface area contributed by atoms with Crippen LogP contribution in [0.5, 0.6) is 0 Å². The first-order chi connectivity index (χ1) is 12.3. The highest BCUT2D eigenvalue weighted by molar-refractivity contribution is 7.99. The number of amides is 1. The summed E-state index contributed by atoms with van der Waals surface area (Å²) in [6.45, 7) is 7.54. The number of esters is 1. The zero-order valence-corrected chi connectivity index (χ0v) is 17.6. The van der Waals surface area contributed by atoms with E-state index < -0.39 is 0 Å². The molecule has 0 saturated heterocycles. The van der Waals surface area contributed by atoms with Gasteiger partial charge in [0.2, 0.25) is 5.91 Å². The minimum atomic E-state index is -0.236. The van der Waals surface area contributed by atoms with E-state index in [-0.39, 0.29) is 17.6 Å². The zero-order valence-electron chi connectivity index (χ0n) is 15.2. The van der Waals surface area contributed by atoms with Gasteiger partial charge in [-0.2, -0.15) is 0 Å². The molecule has 0 N–H and O–H groups in total. The molecule has 2 aromatic rings. The molecule has 26 heavy (non-hydrogen) atoms. The molecule has 0 aliphatic rings. The van der Waals surface area contributed by atoms with Gasteiger partial charge in [-0.15, -0.1) is 23.1 Å². The van der Waals surface area contributed by atoms with E-state index in [1.54, 1.807) is 11.8 Å². The zero-order chi connectivity index (χ0) is 19.3. The quantitative estimate of drug-likeness (QED) is 0.605. The van der Waals surface area contributed by atoms with Crippen molar-refractivity contribution in [2.24, 2.45) is 0 Å². The second-order valence-corrected chi connectivity index (χ2v) is 7.92. The van der Waals surface area contributed by atoms with Crippen molar-refractivity contribution >= 4 is 57.4 Å². The largest absolute Gasteiger partial charge is 0.465 e. The van der Waals surface area contributed by atoms with Crippen molar-refractivity contribution in [3.8, 4) is 0 Å². The van der Waals surface area contributed by atoms with Crippen LogP contribution in [0.1, 0.15) is 30.7 Å². The fraction of sp³-hybridized carbons (Fsp3) is 0.389. The molecule has 0 fully saturated rings. The number of nitrogens with zero attached hydrogens (tertiary/aromatic N) is 2. The van der Waals surface area contributed by atoms with Gasteiger partial charge in [0.15, 0.2) is 5.13 Å². The third-order valence-electron chi connectivity index (χ3n) is 3.44. The smallest absolute Gasteiger partial charge is 0.315 e. The highest BCUT2D eigenvalue weighted by atomic mass is 35.5. The molecule has 1 aromatic carbocycles. The molecule has 0 bridgehead atoms. The van der Waals surface area contributed by atoms with E-state index in [1.807, 2.05) is 31.4 Å². The summed E-state index contributed by atoms with van der Waals surface area (Å²) in [4.78, 5) is 29.8. The summed E-state index contributed by atoms with van der Waals surface area (Å²) in [5.41, 5.74) is 3.42. The van der Waals surface area contributed by atoms with Crippen molar-refractivity contribution in [3.63, 3.8) is 0 Å². The Hall–Kier alpha value is -1.57. The number of aromatic nitrogens is 1. The maximum atomic E-state index is 12.3. The van der Waals surface area contributed by atoms with E-state index in [0.717, 1.165) is 16.8 Å². The normalized spacial score (nSPS) is 10.7. The number of ether oxygens (including phenoxy) is 1. The van der Waals surface area contributed by atoms with Crippen LogP contribution in [0.4, 0.5) is 10.8 Å². The van der Waals surface area contributed by atoms with Gasteiger partial charge in [-0.25, -0.2) is 4.98 Å². The Morgan fingerprint density at radius 1 is 1.35 bits per heavy atom. The molecule has 0 aliphatic heterocycles. The van der Waals surface area contributed by atoms with E-state index in [0.29, 0.717) is 28.2 Å². The van der Waals surface area contributed by atoms with Crippen LogP contribution in [-0.4, -0.2) is 29.2 Å². The van der Waals surface area contributed by atoms with Crippen LogP contribution in [0, 0.1) is 13.8 Å². The Labute approximate surface area is 166 Å². The van der Waals surface area contributed by atoms with Crippen LogP contribution in [0.25, 0.3) is 0 Å². The lowest BCUT2D eigenvalue weighted by molar-refractivity contribution is -0.139. The number of anilines is 2. The van der Waals surface area contributed by atoms with Gasteiger partial charge in [0.05, 0.1) is 28.8 Å². The van der Waals surface area contributed by atoms with Gasteiger partial charge in [-0.05, 0) is 38.0 Å². The fourth-order valence-corrected chi connectivity index (χ4v) is 4.58. The topological polar surface area (TPSA) is 59.5 Å². The SMILES string of the molecule is CCOC(=O)CSCc1csc(N(C(C)=O)c2c(C)cc(C)cc2Cl)n1. The molecule has 0 radical (unpaired) electrons. The van der Waals surface area contributed by atoms with Crippen molar-refractivity contribution in [3.05, 3.63) is 39.4 Å². The summed E-state index contributed by atoms with van der Waals surface area (Å²) in [5, 5.41) is 2.98. The first kappa shape index (κ1) is 20.7. The summed E-state index contributed by atoms with van der Waals surface area (Å²) in [6, 6.07) is 3.82. The molecule has 1 heterocycles. The van der Waals surface area contributed by atoms with Crippen molar-refractivity contribution in [2.75, 3.05) is 17.3 Å². The number of hydrogen-bond donors (Lipinski definition) is 0. The van der Waals surface area contributed by atoms with Crippen LogP contribution < -0.4 is 4.90 Å². The van der Waals surface area contributed by atoms with Crippen molar-refractivity contribution in [1.82, 2.24) is 4.98 Å². The summed E-state index contributed by atoms with van der Waals surface area (Å²) < 4.78 is 4.90. The monoisotopic (exact) mass is 412 g/mol. The Morgan fingerprint density at radius 2 is 2.08 bits per heavy atom. The average Bonchev–Trinajstić information content (AvgIpc) is 2.98. The number of rotatable bonds is 7. The van der Waals surface area contributed by atoms with E-state index >= 15 is 0 Å². The second kappa shape index (κ2) is 9.39.